The first kappa shape index (κ1) is 15.0. The minimum absolute atomic E-state index is 0.0273. The molecule has 1 aliphatic rings. The van der Waals surface area contributed by atoms with Gasteiger partial charge in [0, 0.05) is 24.4 Å². The molecule has 0 N–H and O–H groups in total. The number of ketones is 1. The van der Waals surface area contributed by atoms with Crippen LogP contribution in [0.1, 0.15) is 44.1 Å². The van der Waals surface area contributed by atoms with Crippen LogP contribution in [0.25, 0.3) is 0 Å². The average molecular weight is 296 g/mol. The number of hydrogen-bond acceptors (Lipinski definition) is 5. The number of carbonyl (C=O) groups excluding carboxylic acids is 2. The summed E-state index contributed by atoms with van der Waals surface area (Å²) in [5, 5.41) is 1.76. The normalized spacial score (nSPS) is 19.8. The van der Waals surface area contributed by atoms with Crippen LogP contribution >= 0.6 is 11.3 Å². The third kappa shape index (κ3) is 3.79. The number of likely N-dealkylation sites (tertiary alicyclic amines) is 1. The first-order chi connectivity index (χ1) is 9.37. The number of piperidine rings is 1. The number of amides is 1. The van der Waals surface area contributed by atoms with Crippen molar-refractivity contribution >= 4 is 23.2 Å². The van der Waals surface area contributed by atoms with Crippen LogP contribution in [0, 0.1) is 5.92 Å². The van der Waals surface area contributed by atoms with E-state index in [4.69, 9.17) is 4.74 Å². The molecule has 1 aromatic heterocycles. The molecule has 0 spiro atoms. The molecule has 2 heterocycles. The molecule has 1 saturated heterocycles. The van der Waals surface area contributed by atoms with E-state index in [9.17, 15) is 9.59 Å². The van der Waals surface area contributed by atoms with Crippen molar-refractivity contribution in [1.29, 1.82) is 0 Å². The molecule has 1 aliphatic heterocycles. The lowest BCUT2D eigenvalue weighted by molar-refractivity contribution is 0.0171. The number of carbonyl (C=O) groups is 2. The number of thiazole rings is 1. The van der Waals surface area contributed by atoms with E-state index in [-0.39, 0.29) is 17.8 Å². The van der Waals surface area contributed by atoms with Gasteiger partial charge in [-0.05, 0) is 33.6 Å². The minimum Gasteiger partial charge on any atom is -0.444 e. The highest BCUT2D eigenvalue weighted by atomic mass is 32.1. The fraction of sp³-hybridized carbons (Fsp3) is 0.643. The number of nitrogens with zero attached hydrogens (tertiary/aromatic N) is 2. The van der Waals surface area contributed by atoms with Gasteiger partial charge < -0.3 is 9.64 Å². The second kappa shape index (κ2) is 5.91. The number of rotatable bonds is 2. The zero-order valence-corrected chi connectivity index (χ0v) is 12.9. The fourth-order valence-corrected chi connectivity index (χ4v) is 2.77. The molecular weight excluding hydrogens is 276 g/mol. The van der Waals surface area contributed by atoms with E-state index in [0.29, 0.717) is 18.8 Å². The van der Waals surface area contributed by atoms with Crippen LogP contribution in [-0.4, -0.2) is 40.5 Å². The van der Waals surface area contributed by atoms with Crippen molar-refractivity contribution in [3.8, 4) is 0 Å². The predicted octanol–water partition coefficient (Wildman–Crippen LogP) is 2.97. The summed E-state index contributed by atoms with van der Waals surface area (Å²) in [6, 6.07) is 0. The van der Waals surface area contributed by atoms with E-state index >= 15 is 0 Å². The lowest BCUT2D eigenvalue weighted by atomic mass is 9.93. The molecule has 1 atom stereocenters. The van der Waals surface area contributed by atoms with E-state index in [0.717, 1.165) is 12.8 Å². The third-order valence-electron chi connectivity index (χ3n) is 3.13. The van der Waals surface area contributed by atoms with E-state index in [1.54, 1.807) is 15.8 Å². The Kier molecular flexibility index (Phi) is 4.42. The summed E-state index contributed by atoms with van der Waals surface area (Å²) in [6.07, 6.45) is 1.28. The number of hydrogen-bond donors (Lipinski definition) is 0. The quantitative estimate of drug-likeness (QED) is 0.787. The second-order valence-electron chi connectivity index (χ2n) is 6.00. The Morgan fingerprint density at radius 2 is 2.20 bits per heavy atom. The van der Waals surface area contributed by atoms with Crippen LogP contribution in [0.3, 0.4) is 0 Å². The van der Waals surface area contributed by atoms with Gasteiger partial charge in [0.2, 0.25) is 0 Å². The number of ether oxygens (including phenoxy) is 1. The van der Waals surface area contributed by atoms with Crippen molar-refractivity contribution < 1.29 is 14.3 Å². The molecule has 20 heavy (non-hydrogen) atoms. The summed E-state index contributed by atoms with van der Waals surface area (Å²) in [5.41, 5.74) is 1.65. The molecule has 110 valence electrons. The van der Waals surface area contributed by atoms with Gasteiger partial charge in [0.15, 0.2) is 5.78 Å². The highest BCUT2D eigenvalue weighted by molar-refractivity contribution is 7.07. The van der Waals surface area contributed by atoms with Crippen LogP contribution in [0.2, 0.25) is 0 Å². The van der Waals surface area contributed by atoms with Crippen molar-refractivity contribution in [1.82, 2.24) is 9.88 Å². The minimum atomic E-state index is -0.511. The van der Waals surface area contributed by atoms with Gasteiger partial charge in [0.25, 0.3) is 0 Å². The van der Waals surface area contributed by atoms with Gasteiger partial charge in [-0.1, -0.05) is 0 Å². The van der Waals surface area contributed by atoms with Crippen molar-refractivity contribution in [2.45, 2.75) is 39.2 Å². The summed E-state index contributed by atoms with van der Waals surface area (Å²) < 4.78 is 5.36. The van der Waals surface area contributed by atoms with Crippen LogP contribution in [-0.2, 0) is 4.74 Å². The standard InChI is InChI=1S/C14H20N2O3S/c1-14(2,3)19-13(18)16-6-4-5-10(7-16)12(17)11-8-20-9-15-11/h8-10H,4-7H2,1-3H3. The molecule has 5 nitrogen and oxygen atoms in total. The summed E-state index contributed by atoms with van der Waals surface area (Å²) in [6.45, 7) is 6.59. The Balaban J connectivity index is 1.98. The van der Waals surface area contributed by atoms with Gasteiger partial charge in [-0.2, -0.15) is 0 Å². The third-order valence-corrected chi connectivity index (χ3v) is 3.72. The van der Waals surface area contributed by atoms with Gasteiger partial charge in [-0.15, -0.1) is 11.3 Å². The Bertz CT molecular complexity index is 479. The SMILES string of the molecule is CC(C)(C)OC(=O)N1CCCC(C(=O)c2cscn2)C1. The van der Waals surface area contributed by atoms with Crippen LogP contribution < -0.4 is 0 Å². The second-order valence-corrected chi connectivity index (χ2v) is 6.72. The molecule has 0 radical (unpaired) electrons. The summed E-state index contributed by atoms with van der Waals surface area (Å²) >= 11 is 1.41. The molecule has 0 bridgehead atoms. The van der Waals surface area contributed by atoms with Gasteiger partial charge >= 0.3 is 6.09 Å². The molecule has 1 unspecified atom stereocenters. The summed E-state index contributed by atoms with van der Waals surface area (Å²) in [5.74, 6) is -0.141. The topological polar surface area (TPSA) is 59.5 Å². The highest BCUT2D eigenvalue weighted by Gasteiger charge is 2.31. The maximum atomic E-state index is 12.3. The molecule has 0 aliphatic carbocycles. The molecule has 6 heteroatoms. The first-order valence-electron chi connectivity index (χ1n) is 6.77. The lowest BCUT2D eigenvalue weighted by Crippen LogP contribution is -2.44. The van der Waals surface area contributed by atoms with E-state index < -0.39 is 5.60 Å². The lowest BCUT2D eigenvalue weighted by Gasteiger charge is -2.33. The Morgan fingerprint density at radius 3 is 2.80 bits per heavy atom. The molecule has 1 aromatic rings. The zero-order chi connectivity index (χ0) is 14.8. The Hall–Kier alpha value is -1.43. The predicted molar refractivity (Wildman–Crippen MR) is 77.0 cm³/mol. The highest BCUT2D eigenvalue weighted by Crippen LogP contribution is 2.22. The van der Waals surface area contributed by atoms with Crippen LogP contribution in [0.15, 0.2) is 10.9 Å². The molecule has 0 aromatic carbocycles. The van der Waals surface area contributed by atoms with Gasteiger partial charge in [0.05, 0.1) is 5.51 Å². The smallest absolute Gasteiger partial charge is 0.410 e. The first-order valence-corrected chi connectivity index (χ1v) is 7.71. The zero-order valence-electron chi connectivity index (χ0n) is 12.1. The molecular formula is C14H20N2O3S. The van der Waals surface area contributed by atoms with Crippen LogP contribution in [0.4, 0.5) is 4.79 Å². The molecule has 0 saturated carbocycles. The van der Waals surface area contributed by atoms with E-state index in [1.165, 1.54) is 11.3 Å². The fourth-order valence-electron chi connectivity index (χ4n) is 2.23. The van der Waals surface area contributed by atoms with E-state index in [1.807, 2.05) is 20.8 Å². The maximum Gasteiger partial charge on any atom is 0.410 e. The van der Waals surface area contributed by atoms with Crippen molar-refractivity contribution in [2.75, 3.05) is 13.1 Å². The Labute approximate surface area is 122 Å². The van der Waals surface area contributed by atoms with Gasteiger partial charge in [0.1, 0.15) is 11.3 Å². The van der Waals surface area contributed by atoms with Gasteiger partial charge in [-0.25, -0.2) is 9.78 Å². The van der Waals surface area contributed by atoms with Crippen molar-refractivity contribution in [3.05, 3.63) is 16.6 Å². The van der Waals surface area contributed by atoms with E-state index in [2.05, 4.69) is 4.98 Å². The van der Waals surface area contributed by atoms with Crippen LogP contribution in [0.5, 0.6) is 0 Å². The largest absolute Gasteiger partial charge is 0.444 e. The molecule has 1 fully saturated rings. The summed E-state index contributed by atoms with van der Waals surface area (Å²) in [7, 11) is 0. The van der Waals surface area contributed by atoms with Crippen molar-refractivity contribution in [2.24, 2.45) is 5.92 Å². The van der Waals surface area contributed by atoms with Crippen molar-refractivity contribution in [3.63, 3.8) is 0 Å². The Morgan fingerprint density at radius 1 is 1.45 bits per heavy atom. The number of aromatic nitrogens is 1. The molecule has 1 amide bonds. The molecule has 2 rings (SSSR count). The maximum absolute atomic E-state index is 12.3. The monoisotopic (exact) mass is 296 g/mol. The summed E-state index contributed by atoms with van der Waals surface area (Å²) in [4.78, 5) is 30.0. The van der Waals surface area contributed by atoms with Gasteiger partial charge in [-0.3, -0.25) is 4.79 Å². The number of Topliss-reactive ketones (excluding diaryl/α,β-unsaturated/α-hetero) is 1. The average Bonchev–Trinajstić information content (AvgIpc) is 2.90.